The Bertz CT molecular complexity index is 523. The fourth-order valence-corrected chi connectivity index (χ4v) is 4.12. The standard InChI is InChI=1S/C14H23N3O2S/c1-15-14-13(10-7-11-16-14)20(18,19)17-12-8-5-3-2-4-6-9-12/h7,10-12,17H,2-6,8-9H2,1H3,(H,15,16). The van der Waals surface area contributed by atoms with Gasteiger partial charge < -0.3 is 5.32 Å². The summed E-state index contributed by atoms with van der Waals surface area (Å²) < 4.78 is 27.8. The van der Waals surface area contributed by atoms with Crippen molar-refractivity contribution in [1.29, 1.82) is 0 Å². The topological polar surface area (TPSA) is 71.1 Å². The van der Waals surface area contributed by atoms with Gasteiger partial charge in [-0.2, -0.15) is 0 Å². The minimum Gasteiger partial charge on any atom is -0.372 e. The van der Waals surface area contributed by atoms with Gasteiger partial charge in [-0.1, -0.05) is 32.1 Å². The van der Waals surface area contributed by atoms with Crippen molar-refractivity contribution < 1.29 is 8.42 Å². The summed E-state index contributed by atoms with van der Waals surface area (Å²) in [5.41, 5.74) is 0. The van der Waals surface area contributed by atoms with Crippen LogP contribution in [0.15, 0.2) is 23.2 Å². The van der Waals surface area contributed by atoms with Crippen molar-refractivity contribution in [3.8, 4) is 0 Å². The zero-order chi connectivity index (χ0) is 14.4. The molecule has 1 aliphatic carbocycles. The van der Waals surface area contributed by atoms with Gasteiger partial charge in [-0.05, 0) is 25.0 Å². The van der Waals surface area contributed by atoms with Crippen molar-refractivity contribution in [3.05, 3.63) is 18.3 Å². The third kappa shape index (κ3) is 3.93. The summed E-state index contributed by atoms with van der Waals surface area (Å²) in [5.74, 6) is 0.394. The van der Waals surface area contributed by atoms with Crippen LogP contribution in [-0.2, 0) is 10.0 Å². The first-order valence-electron chi connectivity index (χ1n) is 7.28. The molecule has 0 aromatic carbocycles. The molecule has 2 N–H and O–H groups in total. The Morgan fingerprint density at radius 3 is 2.45 bits per heavy atom. The molecular formula is C14H23N3O2S. The molecule has 0 radical (unpaired) electrons. The Morgan fingerprint density at radius 1 is 1.15 bits per heavy atom. The highest BCUT2D eigenvalue weighted by Gasteiger charge is 2.23. The molecule has 0 unspecified atom stereocenters. The van der Waals surface area contributed by atoms with Crippen LogP contribution >= 0.6 is 0 Å². The number of sulfonamides is 1. The first-order chi connectivity index (χ1) is 9.63. The molecule has 0 amide bonds. The number of rotatable bonds is 4. The Balaban J connectivity index is 2.13. The van der Waals surface area contributed by atoms with Crippen LogP contribution in [0.25, 0.3) is 0 Å². The lowest BCUT2D eigenvalue weighted by Gasteiger charge is -2.21. The average molecular weight is 297 g/mol. The normalized spacial score (nSPS) is 18.2. The van der Waals surface area contributed by atoms with Crippen molar-refractivity contribution in [2.75, 3.05) is 12.4 Å². The Labute approximate surface area is 121 Å². The van der Waals surface area contributed by atoms with Gasteiger partial charge in [0, 0.05) is 19.3 Å². The lowest BCUT2D eigenvalue weighted by molar-refractivity contribution is 0.426. The van der Waals surface area contributed by atoms with E-state index in [1.54, 1.807) is 25.4 Å². The lowest BCUT2D eigenvalue weighted by Crippen LogP contribution is -2.35. The van der Waals surface area contributed by atoms with Crippen LogP contribution in [0, 0.1) is 0 Å². The Morgan fingerprint density at radius 2 is 1.80 bits per heavy atom. The Kier molecular flexibility index (Phi) is 5.37. The smallest absolute Gasteiger partial charge is 0.244 e. The lowest BCUT2D eigenvalue weighted by atomic mass is 9.97. The van der Waals surface area contributed by atoms with E-state index < -0.39 is 10.0 Å². The summed E-state index contributed by atoms with van der Waals surface area (Å²) in [7, 11) is -1.83. The molecule has 1 saturated carbocycles. The van der Waals surface area contributed by atoms with Gasteiger partial charge in [0.05, 0.1) is 0 Å². The van der Waals surface area contributed by atoms with E-state index in [1.165, 1.54) is 19.3 Å². The molecule has 1 aromatic heterocycles. The van der Waals surface area contributed by atoms with E-state index in [1.807, 2.05) is 0 Å². The van der Waals surface area contributed by atoms with Crippen LogP contribution in [0.5, 0.6) is 0 Å². The van der Waals surface area contributed by atoms with E-state index in [2.05, 4.69) is 15.0 Å². The predicted molar refractivity (Wildman–Crippen MR) is 80.2 cm³/mol. The van der Waals surface area contributed by atoms with Gasteiger partial charge in [0.1, 0.15) is 10.7 Å². The number of nitrogens with one attached hydrogen (secondary N) is 2. The van der Waals surface area contributed by atoms with Crippen LogP contribution in [0.1, 0.15) is 44.9 Å². The van der Waals surface area contributed by atoms with Gasteiger partial charge in [0.2, 0.25) is 10.0 Å². The fourth-order valence-electron chi connectivity index (χ4n) is 2.65. The van der Waals surface area contributed by atoms with E-state index >= 15 is 0 Å². The fraction of sp³-hybridized carbons (Fsp3) is 0.643. The molecule has 1 fully saturated rings. The van der Waals surface area contributed by atoms with Crippen molar-refractivity contribution in [2.45, 2.75) is 55.9 Å². The maximum Gasteiger partial charge on any atom is 0.244 e. The van der Waals surface area contributed by atoms with E-state index in [0.717, 1.165) is 25.7 Å². The zero-order valence-corrected chi connectivity index (χ0v) is 12.7. The molecule has 0 atom stereocenters. The number of hydrogen-bond acceptors (Lipinski definition) is 4. The van der Waals surface area contributed by atoms with E-state index in [9.17, 15) is 8.42 Å². The van der Waals surface area contributed by atoms with Crippen molar-refractivity contribution in [3.63, 3.8) is 0 Å². The molecule has 112 valence electrons. The molecule has 20 heavy (non-hydrogen) atoms. The van der Waals surface area contributed by atoms with Crippen molar-refractivity contribution in [2.24, 2.45) is 0 Å². The minimum absolute atomic E-state index is 0.0465. The second kappa shape index (κ2) is 7.04. The van der Waals surface area contributed by atoms with Gasteiger partial charge in [-0.25, -0.2) is 18.1 Å². The minimum atomic E-state index is -3.51. The van der Waals surface area contributed by atoms with E-state index in [0.29, 0.717) is 5.82 Å². The summed E-state index contributed by atoms with van der Waals surface area (Å²) >= 11 is 0. The van der Waals surface area contributed by atoms with Crippen LogP contribution in [0.3, 0.4) is 0 Å². The molecule has 0 bridgehead atoms. The quantitative estimate of drug-likeness (QED) is 0.896. The molecule has 2 rings (SSSR count). The molecule has 1 heterocycles. The number of hydrogen-bond donors (Lipinski definition) is 2. The highest BCUT2D eigenvalue weighted by atomic mass is 32.2. The van der Waals surface area contributed by atoms with Crippen LogP contribution in [0.2, 0.25) is 0 Å². The summed E-state index contributed by atoms with van der Waals surface area (Å²) in [6.07, 6.45) is 9.30. The first kappa shape index (κ1) is 15.3. The number of nitrogens with zero attached hydrogens (tertiary/aromatic N) is 1. The number of aromatic nitrogens is 1. The van der Waals surface area contributed by atoms with Gasteiger partial charge in [-0.3, -0.25) is 0 Å². The third-order valence-corrected chi connectivity index (χ3v) is 5.28. The average Bonchev–Trinajstić information content (AvgIpc) is 2.41. The van der Waals surface area contributed by atoms with Crippen LogP contribution < -0.4 is 10.0 Å². The van der Waals surface area contributed by atoms with Crippen molar-refractivity contribution >= 4 is 15.8 Å². The van der Waals surface area contributed by atoms with E-state index in [4.69, 9.17) is 0 Å². The van der Waals surface area contributed by atoms with Crippen molar-refractivity contribution in [1.82, 2.24) is 9.71 Å². The van der Waals surface area contributed by atoms with Crippen LogP contribution in [0.4, 0.5) is 5.82 Å². The molecule has 6 heteroatoms. The molecule has 0 saturated heterocycles. The monoisotopic (exact) mass is 297 g/mol. The maximum absolute atomic E-state index is 12.5. The SMILES string of the molecule is CNc1ncccc1S(=O)(=O)NC1CCCCCCC1. The van der Waals surface area contributed by atoms with E-state index in [-0.39, 0.29) is 10.9 Å². The first-order valence-corrected chi connectivity index (χ1v) is 8.77. The molecular weight excluding hydrogens is 274 g/mol. The molecule has 5 nitrogen and oxygen atoms in total. The second-order valence-electron chi connectivity index (χ2n) is 5.26. The van der Waals surface area contributed by atoms with Crippen LogP contribution in [-0.4, -0.2) is 26.5 Å². The molecule has 1 aromatic rings. The summed E-state index contributed by atoms with van der Waals surface area (Å²) in [5, 5.41) is 2.83. The highest BCUT2D eigenvalue weighted by molar-refractivity contribution is 7.89. The zero-order valence-electron chi connectivity index (χ0n) is 11.9. The second-order valence-corrected chi connectivity index (χ2v) is 6.95. The van der Waals surface area contributed by atoms with Gasteiger partial charge in [-0.15, -0.1) is 0 Å². The third-order valence-electron chi connectivity index (χ3n) is 3.72. The van der Waals surface area contributed by atoms with Gasteiger partial charge >= 0.3 is 0 Å². The molecule has 0 spiro atoms. The molecule has 1 aliphatic rings. The number of pyridine rings is 1. The maximum atomic E-state index is 12.5. The van der Waals surface area contributed by atoms with Gasteiger partial charge in [0.25, 0.3) is 0 Å². The predicted octanol–water partition coefficient (Wildman–Crippen LogP) is 2.51. The van der Waals surface area contributed by atoms with Gasteiger partial charge in [0.15, 0.2) is 0 Å². The largest absolute Gasteiger partial charge is 0.372 e. The summed E-state index contributed by atoms with van der Waals surface area (Å²) in [4.78, 5) is 4.29. The number of anilines is 1. The summed E-state index contributed by atoms with van der Waals surface area (Å²) in [6.45, 7) is 0. The highest BCUT2D eigenvalue weighted by Crippen LogP contribution is 2.21. The molecule has 0 aliphatic heterocycles. The summed E-state index contributed by atoms with van der Waals surface area (Å²) in [6, 6.07) is 3.28. The Hall–Kier alpha value is -1.14.